The van der Waals surface area contributed by atoms with E-state index in [2.05, 4.69) is 17.6 Å². The monoisotopic (exact) mass is 344 g/mol. The van der Waals surface area contributed by atoms with Gasteiger partial charge in [-0.15, -0.1) is 0 Å². The highest BCUT2D eigenvalue weighted by Gasteiger charge is 2.28. The molecule has 0 aromatic carbocycles. The molecule has 0 aliphatic heterocycles. The Labute approximate surface area is 147 Å². The van der Waals surface area contributed by atoms with Gasteiger partial charge >= 0.3 is 0 Å². The first kappa shape index (κ1) is 22.9. The summed E-state index contributed by atoms with van der Waals surface area (Å²) in [6, 6.07) is -0.753. The van der Waals surface area contributed by atoms with Crippen molar-refractivity contribution in [3.63, 3.8) is 0 Å². The maximum atomic E-state index is 12.7. The van der Waals surface area contributed by atoms with E-state index in [-0.39, 0.29) is 17.9 Å². The lowest BCUT2D eigenvalue weighted by atomic mass is 10.0. The topological polar surface area (TPSA) is 76.7 Å². The van der Waals surface area contributed by atoms with Crippen LogP contribution in [-0.4, -0.2) is 43.4 Å². The van der Waals surface area contributed by atoms with Crippen molar-refractivity contribution in [1.82, 2.24) is 10.6 Å². The molecule has 24 heavy (non-hydrogen) atoms. The van der Waals surface area contributed by atoms with Crippen molar-refractivity contribution >= 4 is 11.8 Å². The van der Waals surface area contributed by atoms with Crippen LogP contribution in [0.3, 0.4) is 0 Å². The van der Waals surface area contributed by atoms with E-state index in [1.54, 1.807) is 0 Å². The molecule has 0 heterocycles. The van der Waals surface area contributed by atoms with Gasteiger partial charge in [0, 0.05) is 20.1 Å². The minimum atomic E-state index is -0.532. The van der Waals surface area contributed by atoms with Gasteiger partial charge < -0.3 is 20.1 Å². The average Bonchev–Trinajstić information content (AvgIpc) is 2.49. The predicted molar refractivity (Wildman–Crippen MR) is 95.6 cm³/mol. The SMILES string of the molecule is CCCCC(NC(=O)[C@H](CC(C)C)NC(C)=O)C(OCC)OCC. The van der Waals surface area contributed by atoms with E-state index in [1.807, 2.05) is 27.7 Å². The van der Waals surface area contributed by atoms with Gasteiger partial charge in [0.2, 0.25) is 11.8 Å². The van der Waals surface area contributed by atoms with Crippen molar-refractivity contribution in [2.45, 2.75) is 85.6 Å². The molecule has 0 aliphatic carbocycles. The molecule has 2 amide bonds. The lowest BCUT2D eigenvalue weighted by Gasteiger charge is -2.29. The summed E-state index contributed by atoms with van der Waals surface area (Å²) >= 11 is 0. The zero-order valence-electron chi connectivity index (χ0n) is 16.2. The molecular weight excluding hydrogens is 308 g/mol. The van der Waals surface area contributed by atoms with Crippen molar-refractivity contribution in [2.24, 2.45) is 5.92 Å². The fourth-order valence-corrected chi connectivity index (χ4v) is 2.54. The van der Waals surface area contributed by atoms with E-state index in [9.17, 15) is 9.59 Å². The van der Waals surface area contributed by atoms with E-state index in [1.165, 1.54) is 6.92 Å². The third-order valence-electron chi connectivity index (χ3n) is 3.59. The van der Waals surface area contributed by atoms with Gasteiger partial charge in [-0.2, -0.15) is 0 Å². The second-order valence-electron chi connectivity index (χ2n) is 6.42. The molecule has 142 valence electrons. The molecule has 0 radical (unpaired) electrons. The van der Waals surface area contributed by atoms with Gasteiger partial charge in [0.05, 0.1) is 6.04 Å². The Morgan fingerprint density at radius 2 is 1.58 bits per heavy atom. The van der Waals surface area contributed by atoms with E-state index < -0.39 is 12.3 Å². The fraction of sp³-hybridized carbons (Fsp3) is 0.889. The highest BCUT2D eigenvalue weighted by Crippen LogP contribution is 2.12. The molecule has 0 bridgehead atoms. The van der Waals surface area contributed by atoms with Gasteiger partial charge in [-0.3, -0.25) is 9.59 Å². The average molecular weight is 344 g/mol. The molecule has 1 unspecified atom stereocenters. The van der Waals surface area contributed by atoms with Crippen molar-refractivity contribution in [1.29, 1.82) is 0 Å². The van der Waals surface area contributed by atoms with Crippen LogP contribution in [0.2, 0.25) is 0 Å². The zero-order chi connectivity index (χ0) is 18.5. The van der Waals surface area contributed by atoms with Crippen LogP contribution in [-0.2, 0) is 19.1 Å². The molecule has 0 spiro atoms. The fourth-order valence-electron chi connectivity index (χ4n) is 2.54. The number of unbranched alkanes of at least 4 members (excludes halogenated alkanes) is 1. The molecule has 0 aliphatic rings. The number of hydrogen-bond donors (Lipinski definition) is 2. The molecule has 0 fully saturated rings. The Balaban J connectivity index is 5.03. The first-order valence-electron chi connectivity index (χ1n) is 9.16. The number of carbonyl (C=O) groups is 2. The number of hydrogen-bond acceptors (Lipinski definition) is 4. The van der Waals surface area contributed by atoms with Gasteiger partial charge in [0.25, 0.3) is 0 Å². The summed E-state index contributed by atoms with van der Waals surface area (Å²) in [6.45, 7) is 12.4. The third kappa shape index (κ3) is 9.88. The van der Waals surface area contributed by atoms with E-state index in [0.717, 1.165) is 19.3 Å². The lowest BCUT2D eigenvalue weighted by molar-refractivity contribution is -0.160. The molecule has 0 rings (SSSR count). The quantitative estimate of drug-likeness (QED) is 0.504. The van der Waals surface area contributed by atoms with Gasteiger partial charge in [0.15, 0.2) is 6.29 Å². The minimum Gasteiger partial charge on any atom is -0.351 e. The normalized spacial score (nSPS) is 13.8. The Kier molecular flexibility index (Phi) is 12.6. The summed E-state index contributed by atoms with van der Waals surface area (Å²) in [5.41, 5.74) is 0. The number of amides is 2. The van der Waals surface area contributed by atoms with Gasteiger partial charge in [-0.05, 0) is 32.6 Å². The standard InChI is InChI=1S/C18H36N2O4/c1-7-10-11-15(18(23-8-2)24-9-3)20-17(22)16(12-13(4)5)19-14(6)21/h13,15-16,18H,7-12H2,1-6H3,(H,19,21)(H,20,22)/t15?,16-/m0/s1. The second-order valence-corrected chi connectivity index (χ2v) is 6.42. The largest absolute Gasteiger partial charge is 0.351 e. The van der Waals surface area contributed by atoms with Gasteiger partial charge in [-0.1, -0.05) is 33.6 Å². The number of rotatable bonds is 13. The molecule has 6 heteroatoms. The third-order valence-corrected chi connectivity index (χ3v) is 3.59. The first-order chi connectivity index (χ1) is 11.3. The number of ether oxygens (including phenoxy) is 2. The van der Waals surface area contributed by atoms with Crippen LogP contribution >= 0.6 is 0 Å². The Morgan fingerprint density at radius 3 is 2.00 bits per heavy atom. The Hall–Kier alpha value is -1.14. The molecule has 0 aromatic rings. The van der Waals surface area contributed by atoms with E-state index in [4.69, 9.17) is 9.47 Å². The second kappa shape index (κ2) is 13.2. The summed E-state index contributed by atoms with van der Waals surface area (Å²) in [4.78, 5) is 24.1. The predicted octanol–water partition coefficient (Wildman–Crippen LogP) is 2.61. The van der Waals surface area contributed by atoms with Crippen molar-refractivity contribution < 1.29 is 19.1 Å². The molecule has 0 saturated heterocycles. The van der Waals surface area contributed by atoms with E-state index in [0.29, 0.717) is 25.6 Å². The van der Waals surface area contributed by atoms with Crippen molar-refractivity contribution in [3.8, 4) is 0 Å². The molecule has 2 atom stereocenters. The maximum Gasteiger partial charge on any atom is 0.242 e. The molecule has 2 N–H and O–H groups in total. The summed E-state index contributed by atoms with van der Waals surface area (Å²) in [6.07, 6.45) is 2.91. The molecular formula is C18H36N2O4. The van der Waals surface area contributed by atoms with Crippen LogP contribution in [0.5, 0.6) is 0 Å². The zero-order valence-corrected chi connectivity index (χ0v) is 16.2. The summed E-state index contributed by atoms with van der Waals surface area (Å²) in [5.74, 6) is -0.0762. The van der Waals surface area contributed by atoms with Crippen LogP contribution in [0.15, 0.2) is 0 Å². The number of carbonyl (C=O) groups excluding carboxylic acids is 2. The highest BCUT2D eigenvalue weighted by molar-refractivity contribution is 5.87. The summed E-state index contributed by atoms with van der Waals surface area (Å²) in [7, 11) is 0. The smallest absolute Gasteiger partial charge is 0.242 e. The summed E-state index contributed by atoms with van der Waals surface area (Å²) < 4.78 is 11.3. The van der Waals surface area contributed by atoms with Gasteiger partial charge in [0.1, 0.15) is 6.04 Å². The van der Waals surface area contributed by atoms with Crippen LogP contribution < -0.4 is 10.6 Å². The Bertz CT molecular complexity index is 355. The maximum absolute atomic E-state index is 12.7. The highest BCUT2D eigenvalue weighted by atomic mass is 16.7. The molecule has 6 nitrogen and oxygen atoms in total. The minimum absolute atomic E-state index is 0.176. The van der Waals surface area contributed by atoms with Crippen LogP contribution in [0.1, 0.15) is 67.2 Å². The lowest BCUT2D eigenvalue weighted by Crippen LogP contribution is -2.53. The van der Waals surface area contributed by atoms with Crippen LogP contribution in [0, 0.1) is 5.92 Å². The Morgan fingerprint density at radius 1 is 1.00 bits per heavy atom. The first-order valence-corrected chi connectivity index (χ1v) is 9.16. The van der Waals surface area contributed by atoms with Crippen molar-refractivity contribution in [2.75, 3.05) is 13.2 Å². The molecule has 0 aromatic heterocycles. The van der Waals surface area contributed by atoms with Crippen molar-refractivity contribution in [3.05, 3.63) is 0 Å². The molecule has 0 saturated carbocycles. The van der Waals surface area contributed by atoms with Crippen LogP contribution in [0.4, 0.5) is 0 Å². The van der Waals surface area contributed by atoms with E-state index >= 15 is 0 Å². The summed E-state index contributed by atoms with van der Waals surface area (Å²) in [5, 5.41) is 5.77. The van der Waals surface area contributed by atoms with Gasteiger partial charge in [-0.25, -0.2) is 0 Å². The number of nitrogens with one attached hydrogen (secondary N) is 2. The van der Waals surface area contributed by atoms with Crippen LogP contribution in [0.25, 0.3) is 0 Å².